The number of alkyl halides is 3. The van der Waals surface area contributed by atoms with Gasteiger partial charge in [-0.15, -0.1) is 13.2 Å². The molecule has 0 saturated heterocycles. The second-order valence-electron chi connectivity index (χ2n) is 3.75. The van der Waals surface area contributed by atoms with Crippen LogP contribution in [0.1, 0.15) is 12.5 Å². The van der Waals surface area contributed by atoms with Crippen molar-refractivity contribution in [1.82, 2.24) is 0 Å². The Bertz CT molecular complexity index is 374. The van der Waals surface area contributed by atoms with Crippen LogP contribution in [0.25, 0.3) is 0 Å². The van der Waals surface area contributed by atoms with E-state index in [1.165, 1.54) is 32.2 Å². The van der Waals surface area contributed by atoms with Crippen LogP contribution in [0.2, 0.25) is 0 Å². The molecular weight excluding hydrogens is 237 g/mol. The van der Waals surface area contributed by atoms with Crippen LogP contribution in [0, 0.1) is 0 Å². The summed E-state index contributed by atoms with van der Waals surface area (Å²) in [7, 11) is 1.35. The van der Waals surface area contributed by atoms with Gasteiger partial charge in [0.05, 0.1) is 6.61 Å². The van der Waals surface area contributed by atoms with Gasteiger partial charge in [0, 0.05) is 12.7 Å². The maximum absolute atomic E-state index is 12.2. The first-order chi connectivity index (χ1) is 7.76. The number of halogens is 3. The molecule has 1 N–H and O–H groups in total. The number of hydrogen-bond acceptors (Lipinski definition) is 3. The normalized spacial score (nSPS) is 15.4. The third kappa shape index (κ3) is 3.90. The van der Waals surface area contributed by atoms with Crippen LogP contribution < -0.4 is 4.74 Å². The molecule has 1 rings (SSSR count). The number of para-hydroxylation sites is 1. The lowest BCUT2D eigenvalue weighted by Gasteiger charge is -2.25. The van der Waals surface area contributed by atoms with Crippen molar-refractivity contribution in [2.24, 2.45) is 0 Å². The minimum absolute atomic E-state index is 0.0270. The summed E-state index contributed by atoms with van der Waals surface area (Å²) in [5.41, 5.74) is -1.52. The van der Waals surface area contributed by atoms with Crippen LogP contribution >= 0.6 is 0 Å². The smallest absolute Gasteiger partial charge is 0.405 e. The van der Waals surface area contributed by atoms with Gasteiger partial charge in [0.15, 0.2) is 0 Å². The van der Waals surface area contributed by atoms with Crippen molar-refractivity contribution in [2.45, 2.75) is 18.9 Å². The maximum Gasteiger partial charge on any atom is 0.573 e. The SMILES string of the molecule is COCC(C)(O)c1ccccc1OC(F)(F)F. The van der Waals surface area contributed by atoms with E-state index >= 15 is 0 Å². The summed E-state index contributed by atoms with van der Waals surface area (Å²) in [5.74, 6) is -0.429. The van der Waals surface area contributed by atoms with Crippen molar-refractivity contribution in [3.05, 3.63) is 29.8 Å². The molecule has 1 atom stereocenters. The topological polar surface area (TPSA) is 38.7 Å². The first-order valence-corrected chi connectivity index (χ1v) is 4.83. The average molecular weight is 250 g/mol. The molecule has 0 radical (unpaired) electrons. The largest absolute Gasteiger partial charge is 0.573 e. The van der Waals surface area contributed by atoms with Crippen molar-refractivity contribution in [3.63, 3.8) is 0 Å². The molecule has 0 aliphatic heterocycles. The molecule has 0 heterocycles. The molecule has 17 heavy (non-hydrogen) atoms. The number of aliphatic hydroxyl groups is 1. The van der Waals surface area contributed by atoms with Crippen LogP contribution in [0.5, 0.6) is 5.75 Å². The van der Waals surface area contributed by atoms with Crippen LogP contribution in [0.4, 0.5) is 13.2 Å². The molecule has 1 unspecified atom stereocenters. The van der Waals surface area contributed by atoms with E-state index in [0.717, 1.165) is 6.07 Å². The predicted octanol–water partition coefficient (Wildman–Crippen LogP) is 2.44. The first-order valence-electron chi connectivity index (χ1n) is 4.83. The molecular formula is C11H13F3O3. The third-order valence-corrected chi connectivity index (χ3v) is 2.12. The molecule has 0 fully saturated rings. The lowest BCUT2D eigenvalue weighted by molar-refractivity contribution is -0.275. The van der Waals surface area contributed by atoms with Gasteiger partial charge in [-0.05, 0) is 13.0 Å². The molecule has 0 aliphatic rings. The quantitative estimate of drug-likeness (QED) is 0.892. The zero-order chi connectivity index (χ0) is 13.1. The molecule has 96 valence electrons. The summed E-state index contributed by atoms with van der Waals surface area (Å²) in [6, 6.07) is 5.42. The minimum atomic E-state index is -4.79. The van der Waals surface area contributed by atoms with E-state index in [4.69, 9.17) is 4.74 Å². The predicted molar refractivity (Wildman–Crippen MR) is 54.6 cm³/mol. The van der Waals surface area contributed by atoms with Crippen molar-refractivity contribution < 1.29 is 27.8 Å². The lowest BCUT2D eigenvalue weighted by Crippen LogP contribution is -2.29. The molecule has 0 aromatic heterocycles. The molecule has 1 aromatic rings. The molecule has 3 nitrogen and oxygen atoms in total. The third-order valence-electron chi connectivity index (χ3n) is 2.12. The Labute approximate surface area is 96.8 Å². The summed E-state index contributed by atoms with van der Waals surface area (Å²) < 4.78 is 45.1. The van der Waals surface area contributed by atoms with Crippen LogP contribution in [-0.4, -0.2) is 25.2 Å². The second kappa shape index (κ2) is 4.93. The van der Waals surface area contributed by atoms with Gasteiger partial charge in [-0.25, -0.2) is 0 Å². The Hall–Kier alpha value is -1.27. The maximum atomic E-state index is 12.2. The molecule has 6 heteroatoms. The minimum Gasteiger partial charge on any atom is -0.405 e. The standard InChI is InChI=1S/C11H13F3O3/c1-10(15,7-16-2)8-5-3-4-6-9(8)17-11(12,13)14/h3-6,15H,7H2,1-2H3. The van der Waals surface area contributed by atoms with Crippen molar-refractivity contribution in [2.75, 3.05) is 13.7 Å². The Balaban J connectivity index is 3.07. The van der Waals surface area contributed by atoms with Crippen molar-refractivity contribution in [3.8, 4) is 5.75 Å². The molecule has 0 bridgehead atoms. The number of benzene rings is 1. The van der Waals surface area contributed by atoms with E-state index in [-0.39, 0.29) is 12.2 Å². The van der Waals surface area contributed by atoms with E-state index in [1.54, 1.807) is 0 Å². The molecule has 0 saturated carbocycles. The monoisotopic (exact) mass is 250 g/mol. The Morgan fingerprint density at radius 3 is 2.35 bits per heavy atom. The average Bonchev–Trinajstić information content (AvgIpc) is 2.15. The van der Waals surface area contributed by atoms with Gasteiger partial charge in [0.25, 0.3) is 0 Å². The number of hydrogen-bond donors (Lipinski definition) is 1. The van der Waals surface area contributed by atoms with Crippen LogP contribution in [0.3, 0.4) is 0 Å². The van der Waals surface area contributed by atoms with Gasteiger partial charge in [-0.2, -0.15) is 0 Å². The Kier molecular flexibility index (Phi) is 4.00. The summed E-state index contributed by atoms with van der Waals surface area (Å²) >= 11 is 0. The Morgan fingerprint density at radius 1 is 1.24 bits per heavy atom. The van der Waals surface area contributed by atoms with Crippen LogP contribution in [0.15, 0.2) is 24.3 Å². The lowest BCUT2D eigenvalue weighted by atomic mass is 9.96. The van der Waals surface area contributed by atoms with Gasteiger partial charge in [0.1, 0.15) is 11.4 Å². The van der Waals surface area contributed by atoms with E-state index < -0.39 is 17.7 Å². The highest BCUT2D eigenvalue weighted by molar-refractivity contribution is 5.37. The zero-order valence-electron chi connectivity index (χ0n) is 9.41. The summed E-state index contributed by atoms with van der Waals surface area (Å²) in [5, 5.41) is 9.99. The van der Waals surface area contributed by atoms with Gasteiger partial charge in [-0.3, -0.25) is 0 Å². The van der Waals surface area contributed by atoms with Crippen LogP contribution in [-0.2, 0) is 10.3 Å². The number of rotatable bonds is 4. The van der Waals surface area contributed by atoms with E-state index in [0.29, 0.717) is 0 Å². The zero-order valence-corrected chi connectivity index (χ0v) is 9.41. The first kappa shape index (κ1) is 13.8. The fourth-order valence-corrected chi connectivity index (χ4v) is 1.48. The van der Waals surface area contributed by atoms with Crippen molar-refractivity contribution in [1.29, 1.82) is 0 Å². The summed E-state index contributed by atoms with van der Waals surface area (Å²) in [4.78, 5) is 0. The van der Waals surface area contributed by atoms with Gasteiger partial charge in [-0.1, -0.05) is 18.2 Å². The Morgan fingerprint density at radius 2 is 1.82 bits per heavy atom. The second-order valence-corrected chi connectivity index (χ2v) is 3.75. The number of methoxy groups -OCH3 is 1. The highest BCUT2D eigenvalue weighted by atomic mass is 19.4. The van der Waals surface area contributed by atoms with E-state index in [2.05, 4.69) is 4.74 Å². The van der Waals surface area contributed by atoms with Gasteiger partial charge >= 0.3 is 6.36 Å². The molecule has 0 aliphatic carbocycles. The van der Waals surface area contributed by atoms with Crippen molar-refractivity contribution >= 4 is 0 Å². The summed E-state index contributed by atoms with van der Waals surface area (Å²) in [6.07, 6.45) is -4.79. The molecule has 0 amide bonds. The van der Waals surface area contributed by atoms with Gasteiger partial charge in [0.2, 0.25) is 0 Å². The fraction of sp³-hybridized carbons (Fsp3) is 0.455. The highest BCUT2D eigenvalue weighted by Crippen LogP contribution is 2.33. The van der Waals surface area contributed by atoms with E-state index in [1.807, 2.05) is 0 Å². The fourth-order valence-electron chi connectivity index (χ4n) is 1.48. The summed E-state index contributed by atoms with van der Waals surface area (Å²) in [6.45, 7) is 1.22. The molecule has 1 aromatic carbocycles. The van der Waals surface area contributed by atoms with E-state index in [9.17, 15) is 18.3 Å². The number of ether oxygens (including phenoxy) is 2. The molecule has 0 spiro atoms. The van der Waals surface area contributed by atoms with Gasteiger partial charge < -0.3 is 14.6 Å². The highest BCUT2D eigenvalue weighted by Gasteiger charge is 2.35.